The van der Waals surface area contributed by atoms with E-state index in [2.05, 4.69) is 12.2 Å². The second-order valence-electron chi connectivity index (χ2n) is 6.37. The minimum absolute atomic E-state index is 0.165. The zero-order valence-electron chi connectivity index (χ0n) is 10.9. The zero-order chi connectivity index (χ0) is 11.5. The molecule has 2 aliphatic carbocycles. The van der Waals surface area contributed by atoms with Gasteiger partial charge in [-0.3, -0.25) is 0 Å². The highest BCUT2D eigenvalue weighted by molar-refractivity contribution is 4.92. The van der Waals surface area contributed by atoms with Gasteiger partial charge in [-0.25, -0.2) is 0 Å². The Morgan fingerprint density at radius 2 is 1.50 bits per heavy atom. The Bertz CT molecular complexity index is 213. The number of nitrogens with two attached hydrogens (primary N) is 1. The van der Waals surface area contributed by atoms with Gasteiger partial charge in [-0.15, -0.1) is 0 Å². The van der Waals surface area contributed by atoms with Crippen molar-refractivity contribution in [2.45, 2.75) is 82.2 Å². The summed E-state index contributed by atoms with van der Waals surface area (Å²) in [7, 11) is 0. The maximum absolute atomic E-state index is 6.38. The quantitative estimate of drug-likeness (QED) is 0.770. The van der Waals surface area contributed by atoms with Crippen molar-refractivity contribution >= 4 is 0 Å². The average molecular weight is 224 g/mol. The summed E-state index contributed by atoms with van der Waals surface area (Å²) in [5.41, 5.74) is 6.95. The van der Waals surface area contributed by atoms with Crippen LogP contribution in [0.3, 0.4) is 0 Å². The van der Waals surface area contributed by atoms with E-state index in [1.807, 2.05) is 0 Å². The largest absolute Gasteiger partial charge is 0.325 e. The Morgan fingerprint density at radius 1 is 0.938 bits per heavy atom. The lowest BCUT2D eigenvalue weighted by molar-refractivity contribution is 0.243. The van der Waals surface area contributed by atoms with Gasteiger partial charge in [-0.2, -0.15) is 0 Å². The molecule has 0 bridgehead atoms. The summed E-state index contributed by atoms with van der Waals surface area (Å²) in [4.78, 5) is 0. The van der Waals surface area contributed by atoms with Crippen LogP contribution in [0.25, 0.3) is 0 Å². The molecule has 0 aromatic carbocycles. The Labute approximate surface area is 100 Å². The van der Waals surface area contributed by atoms with Crippen molar-refractivity contribution < 1.29 is 0 Å². The van der Waals surface area contributed by atoms with E-state index >= 15 is 0 Å². The van der Waals surface area contributed by atoms with Crippen molar-refractivity contribution in [1.29, 1.82) is 0 Å². The Kier molecular flexibility index (Phi) is 3.91. The highest BCUT2D eigenvalue weighted by atomic mass is 15.0. The van der Waals surface area contributed by atoms with Crippen LogP contribution < -0.4 is 11.1 Å². The molecule has 0 spiro atoms. The highest BCUT2D eigenvalue weighted by Crippen LogP contribution is 2.31. The van der Waals surface area contributed by atoms with Crippen LogP contribution >= 0.6 is 0 Å². The third kappa shape index (κ3) is 3.21. The first-order valence-corrected chi connectivity index (χ1v) is 7.16. The number of nitrogens with one attached hydrogen (secondary N) is 1. The molecule has 0 aromatic rings. The minimum Gasteiger partial charge on any atom is -0.325 e. The van der Waals surface area contributed by atoms with Crippen LogP contribution in [0.5, 0.6) is 0 Å². The van der Waals surface area contributed by atoms with Crippen LogP contribution in [-0.4, -0.2) is 17.6 Å². The first-order chi connectivity index (χ1) is 7.62. The van der Waals surface area contributed by atoms with Crippen molar-refractivity contribution in [3.05, 3.63) is 0 Å². The van der Waals surface area contributed by atoms with E-state index in [1.54, 1.807) is 0 Å². The smallest absolute Gasteiger partial charge is 0.0166 e. The summed E-state index contributed by atoms with van der Waals surface area (Å²) in [6.07, 6.45) is 13.3. The summed E-state index contributed by atoms with van der Waals surface area (Å²) >= 11 is 0. The van der Waals surface area contributed by atoms with Crippen molar-refractivity contribution in [3.63, 3.8) is 0 Å². The van der Waals surface area contributed by atoms with Crippen LogP contribution in [0.4, 0.5) is 0 Å². The van der Waals surface area contributed by atoms with Crippen molar-refractivity contribution in [2.75, 3.05) is 6.54 Å². The highest BCUT2D eigenvalue weighted by Gasteiger charge is 2.30. The fourth-order valence-electron chi connectivity index (χ4n) is 3.45. The molecular formula is C14H28N2. The van der Waals surface area contributed by atoms with Crippen LogP contribution in [0.15, 0.2) is 0 Å². The fourth-order valence-corrected chi connectivity index (χ4v) is 3.45. The molecule has 2 saturated carbocycles. The van der Waals surface area contributed by atoms with Crippen LogP contribution in [0, 0.1) is 0 Å². The molecule has 2 nitrogen and oxygen atoms in total. The van der Waals surface area contributed by atoms with E-state index < -0.39 is 0 Å². The molecule has 0 unspecified atom stereocenters. The molecule has 2 heteroatoms. The Hall–Kier alpha value is -0.0800. The topological polar surface area (TPSA) is 38.0 Å². The molecule has 0 atom stereocenters. The first-order valence-electron chi connectivity index (χ1n) is 7.16. The number of rotatable bonds is 4. The van der Waals surface area contributed by atoms with Gasteiger partial charge in [0.05, 0.1) is 0 Å². The van der Waals surface area contributed by atoms with Crippen molar-refractivity contribution in [2.24, 2.45) is 5.73 Å². The molecule has 3 N–H and O–H groups in total. The molecule has 0 aromatic heterocycles. The van der Waals surface area contributed by atoms with Gasteiger partial charge < -0.3 is 11.1 Å². The third-order valence-corrected chi connectivity index (χ3v) is 4.73. The number of hydrogen-bond acceptors (Lipinski definition) is 2. The SMILES string of the molecule is CC1(NCCC2(N)CCCC2)CCCCC1. The predicted molar refractivity (Wildman–Crippen MR) is 69.5 cm³/mol. The second kappa shape index (κ2) is 5.05. The Balaban J connectivity index is 1.70. The summed E-state index contributed by atoms with van der Waals surface area (Å²) in [6, 6.07) is 0. The summed E-state index contributed by atoms with van der Waals surface area (Å²) < 4.78 is 0. The van der Waals surface area contributed by atoms with Gasteiger partial charge in [0.15, 0.2) is 0 Å². The van der Waals surface area contributed by atoms with Crippen LogP contribution in [-0.2, 0) is 0 Å². The lowest BCUT2D eigenvalue weighted by Gasteiger charge is -2.36. The maximum atomic E-state index is 6.38. The lowest BCUT2D eigenvalue weighted by atomic mass is 9.83. The van der Waals surface area contributed by atoms with E-state index in [9.17, 15) is 0 Å². The summed E-state index contributed by atoms with van der Waals surface area (Å²) in [5.74, 6) is 0. The van der Waals surface area contributed by atoms with Gasteiger partial charge in [0.2, 0.25) is 0 Å². The molecule has 0 amide bonds. The molecule has 94 valence electrons. The van der Waals surface area contributed by atoms with Gasteiger partial charge in [-0.1, -0.05) is 32.1 Å². The lowest BCUT2D eigenvalue weighted by Crippen LogP contribution is -2.47. The van der Waals surface area contributed by atoms with Crippen LogP contribution in [0.2, 0.25) is 0 Å². The van der Waals surface area contributed by atoms with Crippen molar-refractivity contribution in [3.8, 4) is 0 Å². The van der Waals surface area contributed by atoms with Crippen LogP contribution in [0.1, 0.15) is 71.1 Å². The average Bonchev–Trinajstić information content (AvgIpc) is 2.66. The molecule has 0 aliphatic heterocycles. The van der Waals surface area contributed by atoms with Crippen molar-refractivity contribution in [1.82, 2.24) is 5.32 Å². The Morgan fingerprint density at radius 3 is 2.12 bits per heavy atom. The van der Waals surface area contributed by atoms with E-state index in [0.717, 1.165) is 6.54 Å². The first kappa shape index (κ1) is 12.4. The molecule has 16 heavy (non-hydrogen) atoms. The summed E-state index contributed by atoms with van der Waals surface area (Å²) in [5, 5.41) is 3.77. The predicted octanol–water partition coefficient (Wildman–Crippen LogP) is 2.96. The normalized spacial score (nSPS) is 28.1. The molecule has 0 radical (unpaired) electrons. The van der Waals surface area contributed by atoms with Gasteiger partial charge in [0, 0.05) is 11.1 Å². The molecule has 2 rings (SSSR count). The zero-order valence-corrected chi connectivity index (χ0v) is 10.9. The van der Waals surface area contributed by atoms with E-state index in [0.29, 0.717) is 5.54 Å². The van der Waals surface area contributed by atoms with Gasteiger partial charge >= 0.3 is 0 Å². The molecule has 0 heterocycles. The van der Waals surface area contributed by atoms with E-state index in [1.165, 1.54) is 64.2 Å². The van der Waals surface area contributed by atoms with Gasteiger partial charge in [0.25, 0.3) is 0 Å². The fraction of sp³-hybridized carbons (Fsp3) is 1.00. The minimum atomic E-state index is 0.165. The van der Waals surface area contributed by atoms with E-state index in [4.69, 9.17) is 5.73 Å². The van der Waals surface area contributed by atoms with Gasteiger partial charge in [-0.05, 0) is 45.6 Å². The van der Waals surface area contributed by atoms with Gasteiger partial charge in [0.1, 0.15) is 0 Å². The van der Waals surface area contributed by atoms with E-state index in [-0.39, 0.29) is 5.54 Å². The standard InChI is InChI=1S/C14H28N2/c1-13(7-3-2-4-8-13)16-12-11-14(15)9-5-6-10-14/h16H,2-12,15H2,1H3. The number of hydrogen-bond donors (Lipinski definition) is 2. The monoisotopic (exact) mass is 224 g/mol. The molecule has 2 aliphatic rings. The second-order valence-corrected chi connectivity index (χ2v) is 6.37. The summed E-state index contributed by atoms with van der Waals surface area (Å²) in [6.45, 7) is 3.51. The third-order valence-electron chi connectivity index (χ3n) is 4.73. The maximum Gasteiger partial charge on any atom is 0.0166 e. The molecule has 0 saturated heterocycles. The molecule has 2 fully saturated rings. The molecular weight excluding hydrogens is 196 g/mol.